The van der Waals surface area contributed by atoms with Gasteiger partial charge in [-0.2, -0.15) is 0 Å². The van der Waals surface area contributed by atoms with E-state index in [0.717, 1.165) is 32.5 Å². The number of hydrogen-bond donors (Lipinski definition) is 1. The van der Waals surface area contributed by atoms with E-state index >= 15 is 0 Å². The van der Waals surface area contributed by atoms with Crippen molar-refractivity contribution in [3.8, 4) is 11.3 Å². The van der Waals surface area contributed by atoms with Gasteiger partial charge in [-0.1, -0.05) is 12.1 Å². The minimum absolute atomic E-state index is 0.0142. The molecule has 0 radical (unpaired) electrons. The van der Waals surface area contributed by atoms with Crippen molar-refractivity contribution in [1.82, 2.24) is 15.2 Å². The Kier molecular flexibility index (Phi) is 3.61. The number of aromatic nitrogens is 1. The predicted molar refractivity (Wildman–Crippen MR) is 82.3 cm³/mol. The van der Waals surface area contributed by atoms with Crippen molar-refractivity contribution >= 4 is 5.91 Å². The molecule has 1 amide bonds. The summed E-state index contributed by atoms with van der Waals surface area (Å²) < 4.78 is 19.2. The summed E-state index contributed by atoms with van der Waals surface area (Å²) in [7, 11) is 0. The molecule has 3 aliphatic heterocycles. The number of nitrogens with zero attached hydrogens (tertiary/aromatic N) is 2. The molecule has 6 heteroatoms. The van der Waals surface area contributed by atoms with Gasteiger partial charge in [0, 0.05) is 12.6 Å². The maximum atomic E-state index is 13.8. The molecular formula is C17H18FN3O2. The third kappa shape index (κ3) is 2.74. The fourth-order valence-electron chi connectivity index (χ4n) is 3.52. The number of benzene rings is 1. The summed E-state index contributed by atoms with van der Waals surface area (Å²) in [6, 6.07) is 6.42. The van der Waals surface area contributed by atoms with Crippen molar-refractivity contribution < 1.29 is 13.6 Å². The van der Waals surface area contributed by atoms with Crippen LogP contribution in [-0.4, -0.2) is 41.5 Å². The minimum atomic E-state index is -0.395. The largest absolute Gasteiger partial charge is 0.432 e. The number of oxazole rings is 1. The SMILES string of the molecule is O=C(NC1CN2CCC1CC2)c1ncc(-c2ccccc2F)o1. The van der Waals surface area contributed by atoms with Crippen molar-refractivity contribution in [2.24, 2.45) is 5.92 Å². The quantitative estimate of drug-likeness (QED) is 0.944. The molecule has 23 heavy (non-hydrogen) atoms. The number of carbonyl (C=O) groups excluding carboxylic acids is 1. The van der Waals surface area contributed by atoms with Gasteiger partial charge in [-0.25, -0.2) is 9.37 Å². The van der Waals surface area contributed by atoms with Gasteiger partial charge in [-0.3, -0.25) is 4.79 Å². The summed E-state index contributed by atoms with van der Waals surface area (Å²) in [6.07, 6.45) is 3.64. The van der Waals surface area contributed by atoms with Crippen LogP contribution >= 0.6 is 0 Å². The van der Waals surface area contributed by atoms with Crippen molar-refractivity contribution in [3.63, 3.8) is 0 Å². The fourth-order valence-corrected chi connectivity index (χ4v) is 3.52. The third-order valence-electron chi connectivity index (χ3n) is 4.81. The second-order valence-electron chi connectivity index (χ2n) is 6.23. The summed E-state index contributed by atoms with van der Waals surface area (Å²) in [4.78, 5) is 18.7. The van der Waals surface area contributed by atoms with E-state index < -0.39 is 5.82 Å². The molecule has 1 aromatic heterocycles. The monoisotopic (exact) mass is 315 g/mol. The molecule has 5 nitrogen and oxygen atoms in total. The van der Waals surface area contributed by atoms with Crippen LogP contribution in [0.2, 0.25) is 0 Å². The molecule has 1 aromatic carbocycles. The van der Waals surface area contributed by atoms with Crippen molar-refractivity contribution in [3.05, 3.63) is 42.2 Å². The molecule has 0 spiro atoms. The summed E-state index contributed by atoms with van der Waals surface area (Å²) in [5.41, 5.74) is 0.307. The Bertz CT molecular complexity index is 722. The number of amides is 1. The Morgan fingerprint density at radius 3 is 2.78 bits per heavy atom. The van der Waals surface area contributed by atoms with Crippen LogP contribution < -0.4 is 5.32 Å². The maximum absolute atomic E-state index is 13.8. The molecule has 5 rings (SSSR count). The molecule has 1 N–H and O–H groups in total. The van der Waals surface area contributed by atoms with Gasteiger partial charge >= 0.3 is 5.91 Å². The normalized spacial score (nSPS) is 26.2. The lowest BCUT2D eigenvalue weighted by Gasteiger charge is -2.44. The first kappa shape index (κ1) is 14.4. The minimum Gasteiger partial charge on any atom is -0.432 e. The van der Waals surface area contributed by atoms with E-state index in [0.29, 0.717) is 11.5 Å². The van der Waals surface area contributed by atoms with Crippen molar-refractivity contribution in [2.45, 2.75) is 18.9 Å². The van der Waals surface area contributed by atoms with Crippen molar-refractivity contribution in [1.29, 1.82) is 0 Å². The number of piperidine rings is 3. The number of nitrogens with one attached hydrogen (secondary N) is 1. The van der Waals surface area contributed by atoms with Gasteiger partial charge in [0.25, 0.3) is 5.89 Å². The first-order valence-corrected chi connectivity index (χ1v) is 7.94. The molecule has 4 heterocycles. The molecule has 0 aliphatic carbocycles. The summed E-state index contributed by atoms with van der Waals surface area (Å²) in [6.45, 7) is 3.12. The van der Waals surface area contributed by atoms with E-state index in [1.54, 1.807) is 18.2 Å². The van der Waals surface area contributed by atoms with Crippen LogP contribution in [0.5, 0.6) is 0 Å². The molecule has 1 atom stereocenters. The van der Waals surface area contributed by atoms with E-state index in [-0.39, 0.29) is 23.6 Å². The zero-order valence-electron chi connectivity index (χ0n) is 12.7. The van der Waals surface area contributed by atoms with Crippen molar-refractivity contribution in [2.75, 3.05) is 19.6 Å². The van der Waals surface area contributed by atoms with Crippen LogP contribution in [0.1, 0.15) is 23.5 Å². The number of fused-ring (bicyclic) bond motifs is 3. The Morgan fingerprint density at radius 2 is 2.09 bits per heavy atom. The van der Waals surface area contributed by atoms with Gasteiger partial charge < -0.3 is 14.6 Å². The Morgan fingerprint density at radius 1 is 1.30 bits per heavy atom. The highest BCUT2D eigenvalue weighted by Gasteiger charge is 2.35. The number of carbonyl (C=O) groups is 1. The van der Waals surface area contributed by atoms with Gasteiger partial charge in [0.2, 0.25) is 0 Å². The number of hydrogen-bond acceptors (Lipinski definition) is 4. The van der Waals surface area contributed by atoms with Crippen LogP contribution in [0.25, 0.3) is 11.3 Å². The van der Waals surface area contributed by atoms with Crippen LogP contribution in [0.15, 0.2) is 34.9 Å². The van der Waals surface area contributed by atoms with E-state index in [1.165, 1.54) is 12.3 Å². The standard InChI is InChI=1S/C17H18FN3O2/c18-13-4-2-1-3-12(13)15-9-19-17(23-15)16(22)20-14-10-21-7-5-11(14)6-8-21/h1-4,9,11,14H,5-8,10H2,(H,20,22). The Balaban J connectivity index is 1.48. The van der Waals surface area contributed by atoms with Gasteiger partial charge in [-0.05, 0) is 44.0 Å². The van der Waals surface area contributed by atoms with Gasteiger partial charge in [0.1, 0.15) is 5.82 Å². The zero-order chi connectivity index (χ0) is 15.8. The van der Waals surface area contributed by atoms with Gasteiger partial charge in [0.05, 0.1) is 11.8 Å². The molecule has 2 aromatic rings. The highest BCUT2D eigenvalue weighted by molar-refractivity contribution is 5.90. The second kappa shape index (κ2) is 5.77. The van der Waals surface area contributed by atoms with Crippen LogP contribution in [0.4, 0.5) is 4.39 Å². The maximum Gasteiger partial charge on any atom is 0.307 e. The molecule has 120 valence electrons. The first-order chi connectivity index (χ1) is 11.2. The fraction of sp³-hybridized carbons (Fsp3) is 0.412. The zero-order valence-corrected chi connectivity index (χ0v) is 12.7. The molecule has 3 saturated heterocycles. The lowest BCUT2D eigenvalue weighted by atomic mass is 9.84. The summed E-state index contributed by atoms with van der Waals surface area (Å²) in [5.74, 6) is 0.0613. The lowest BCUT2D eigenvalue weighted by Crippen LogP contribution is -2.57. The number of rotatable bonds is 3. The van der Waals surface area contributed by atoms with E-state index in [4.69, 9.17) is 4.42 Å². The highest BCUT2D eigenvalue weighted by atomic mass is 19.1. The number of halogens is 1. The van der Waals surface area contributed by atoms with E-state index in [9.17, 15) is 9.18 Å². The third-order valence-corrected chi connectivity index (χ3v) is 4.81. The summed E-state index contributed by atoms with van der Waals surface area (Å²) >= 11 is 0. The predicted octanol–water partition coefficient (Wildman–Crippen LogP) is 2.30. The van der Waals surface area contributed by atoms with Gasteiger partial charge in [0.15, 0.2) is 5.76 Å². The molecular weight excluding hydrogens is 297 g/mol. The highest BCUT2D eigenvalue weighted by Crippen LogP contribution is 2.28. The van der Waals surface area contributed by atoms with Crippen LogP contribution in [0, 0.1) is 11.7 Å². The Hall–Kier alpha value is -2.21. The average Bonchev–Trinajstić information content (AvgIpc) is 3.06. The molecule has 3 fully saturated rings. The summed E-state index contributed by atoms with van der Waals surface area (Å²) in [5, 5.41) is 3.02. The Labute approximate surface area is 133 Å². The van der Waals surface area contributed by atoms with E-state index in [1.807, 2.05) is 0 Å². The second-order valence-corrected chi connectivity index (χ2v) is 6.23. The topological polar surface area (TPSA) is 58.4 Å². The molecule has 0 saturated carbocycles. The van der Waals surface area contributed by atoms with E-state index in [2.05, 4.69) is 15.2 Å². The first-order valence-electron chi connectivity index (χ1n) is 7.94. The lowest BCUT2D eigenvalue weighted by molar-refractivity contribution is 0.0602. The van der Waals surface area contributed by atoms with Gasteiger partial charge in [-0.15, -0.1) is 0 Å². The van der Waals surface area contributed by atoms with Crippen LogP contribution in [0.3, 0.4) is 0 Å². The average molecular weight is 315 g/mol. The molecule has 1 unspecified atom stereocenters. The molecule has 3 aliphatic rings. The molecule has 2 bridgehead atoms. The van der Waals surface area contributed by atoms with Crippen LogP contribution in [-0.2, 0) is 0 Å². The smallest absolute Gasteiger partial charge is 0.307 e.